The lowest BCUT2D eigenvalue weighted by Gasteiger charge is -2.42. The number of hydrogen-bond donors (Lipinski definition) is 1. The van der Waals surface area contributed by atoms with Crippen molar-refractivity contribution in [3.05, 3.63) is 0 Å². The molecule has 1 fully saturated rings. The van der Waals surface area contributed by atoms with Crippen LogP contribution in [0.15, 0.2) is 0 Å². The van der Waals surface area contributed by atoms with Gasteiger partial charge in [-0.3, -0.25) is 0 Å². The molecule has 0 aromatic heterocycles. The largest absolute Gasteiger partial charge is 0.390 e. The van der Waals surface area contributed by atoms with Gasteiger partial charge in [-0.25, -0.2) is 0 Å². The molecule has 2 nitrogen and oxygen atoms in total. The van der Waals surface area contributed by atoms with E-state index >= 15 is 0 Å². The van der Waals surface area contributed by atoms with Gasteiger partial charge < -0.3 is 9.84 Å². The van der Waals surface area contributed by atoms with Crippen molar-refractivity contribution < 1.29 is 9.84 Å². The molecule has 1 N–H and O–H groups in total. The Balaban J connectivity index is 2.34. The second-order valence-electron chi connectivity index (χ2n) is 6.19. The smallest absolute Gasteiger partial charge is 0.0938 e. The SMILES string of the molecule is CCCCCCCC(O)C1(OC)CCCC(C)C1. The maximum Gasteiger partial charge on any atom is 0.0938 e. The molecule has 0 saturated heterocycles. The zero-order chi connectivity index (χ0) is 13.4. The van der Waals surface area contributed by atoms with E-state index in [-0.39, 0.29) is 11.7 Å². The Morgan fingerprint density at radius 1 is 1.28 bits per heavy atom. The van der Waals surface area contributed by atoms with Crippen molar-refractivity contribution >= 4 is 0 Å². The predicted molar refractivity (Wildman–Crippen MR) is 76.8 cm³/mol. The van der Waals surface area contributed by atoms with Crippen LogP contribution in [0.5, 0.6) is 0 Å². The molecule has 0 aliphatic heterocycles. The fourth-order valence-corrected chi connectivity index (χ4v) is 3.37. The molecule has 0 bridgehead atoms. The first-order chi connectivity index (χ1) is 8.64. The van der Waals surface area contributed by atoms with Gasteiger partial charge in [0.05, 0.1) is 11.7 Å². The van der Waals surface area contributed by atoms with Gasteiger partial charge in [0.15, 0.2) is 0 Å². The standard InChI is InChI=1S/C16H32O2/c1-4-5-6-7-8-11-15(17)16(18-3)12-9-10-14(2)13-16/h14-15,17H,4-13H2,1-3H3. The molecule has 0 spiro atoms. The molecule has 18 heavy (non-hydrogen) atoms. The van der Waals surface area contributed by atoms with E-state index < -0.39 is 0 Å². The van der Waals surface area contributed by atoms with Crippen LogP contribution in [0.1, 0.15) is 78.1 Å². The summed E-state index contributed by atoms with van der Waals surface area (Å²) in [5.41, 5.74) is -0.248. The van der Waals surface area contributed by atoms with Crippen LogP contribution in [0.25, 0.3) is 0 Å². The monoisotopic (exact) mass is 256 g/mol. The van der Waals surface area contributed by atoms with Crippen molar-refractivity contribution in [1.29, 1.82) is 0 Å². The minimum absolute atomic E-state index is 0.248. The lowest BCUT2D eigenvalue weighted by molar-refractivity contribution is -0.134. The highest BCUT2D eigenvalue weighted by Gasteiger charge is 2.40. The lowest BCUT2D eigenvalue weighted by Crippen LogP contribution is -2.47. The molecule has 0 amide bonds. The Kier molecular flexibility index (Phi) is 7.25. The summed E-state index contributed by atoms with van der Waals surface area (Å²) in [6, 6.07) is 0. The van der Waals surface area contributed by atoms with Gasteiger partial charge in [0.25, 0.3) is 0 Å². The van der Waals surface area contributed by atoms with Crippen molar-refractivity contribution in [3.8, 4) is 0 Å². The van der Waals surface area contributed by atoms with Crippen LogP contribution in [0.2, 0.25) is 0 Å². The number of hydrogen-bond acceptors (Lipinski definition) is 2. The zero-order valence-electron chi connectivity index (χ0n) is 12.6. The van der Waals surface area contributed by atoms with Gasteiger partial charge >= 0.3 is 0 Å². The van der Waals surface area contributed by atoms with Crippen LogP contribution >= 0.6 is 0 Å². The first-order valence-electron chi connectivity index (χ1n) is 7.88. The molecule has 0 radical (unpaired) electrons. The van der Waals surface area contributed by atoms with Crippen LogP contribution in [-0.4, -0.2) is 23.9 Å². The van der Waals surface area contributed by atoms with Crippen molar-refractivity contribution in [1.82, 2.24) is 0 Å². The summed E-state index contributed by atoms with van der Waals surface area (Å²) in [6.45, 7) is 4.51. The van der Waals surface area contributed by atoms with E-state index in [1.165, 1.54) is 38.5 Å². The normalized spacial score (nSPS) is 30.3. The molecular formula is C16H32O2. The second kappa shape index (κ2) is 8.16. The van der Waals surface area contributed by atoms with Crippen LogP contribution < -0.4 is 0 Å². The molecule has 1 saturated carbocycles. The van der Waals surface area contributed by atoms with Crippen molar-refractivity contribution in [2.24, 2.45) is 5.92 Å². The van der Waals surface area contributed by atoms with Crippen molar-refractivity contribution in [2.75, 3.05) is 7.11 Å². The molecule has 1 rings (SSSR count). The average molecular weight is 256 g/mol. The summed E-state index contributed by atoms with van der Waals surface area (Å²) in [6.07, 6.45) is 11.5. The summed E-state index contributed by atoms with van der Waals surface area (Å²) < 4.78 is 5.74. The molecule has 108 valence electrons. The van der Waals surface area contributed by atoms with E-state index in [4.69, 9.17) is 4.74 Å². The summed E-state index contributed by atoms with van der Waals surface area (Å²) in [5.74, 6) is 0.688. The minimum atomic E-state index is -0.271. The zero-order valence-corrected chi connectivity index (χ0v) is 12.6. The Labute approximate surface area is 113 Å². The van der Waals surface area contributed by atoms with Crippen LogP contribution in [-0.2, 0) is 4.74 Å². The van der Waals surface area contributed by atoms with E-state index in [2.05, 4.69) is 13.8 Å². The Bertz CT molecular complexity index is 217. The maximum absolute atomic E-state index is 10.5. The molecule has 0 aromatic rings. The maximum atomic E-state index is 10.5. The molecule has 0 aromatic carbocycles. The highest BCUT2D eigenvalue weighted by atomic mass is 16.5. The van der Waals surface area contributed by atoms with Gasteiger partial charge in [-0.1, -0.05) is 58.8 Å². The predicted octanol–water partition coefficient (Wildman–Crippen LogP) is 4.30. The molecule has 1 aliphatic carbocycles. The van der Waals surface area contributed by atoms with Gasteiger partial charge in [0.2, 0.25) is 0 Å². The van der Waals surface area contributed by atoms with Gasteiger partial charge in [0, 0.05) is 7.11 Å². The quantitative estimate of drug-likeness (QED) is 0.656. The van der Waals surface area contributed by atoms with Crippen molar-refractivity contribution in [3.63, 3.8) is 0 Å². The highest BCUT2D eigenvalue weighted by molar-refractivity contribution is 4.92. The highest BCUT2D eigenvalue weighted by Crippen LogP contribution is 2.38. The van der Waals surface area contributed by atoms with Gasteiger partial charge in [-0.2, -0.15) is 0 Å². The first kappa shape index (κ1) is 16.0. The Hall–Kier alpha value is -0.0800. The van der Waals surface area contributed by atoms with Crippen LogP contribution in [0, 0.1) is 5.92 Å². The molecule has 3 unspecified atom stereocenters. The minimum Gasteiger partial charge on any atom is -0.390 e. The van der Waals surface area contributed by atoms with Crippen LogP contribution in [0.4, 0.5) is 0 Å². The summed E-state index contributed by atoms with van der Waals surface area (Å²) in [5, 5.41) is 10.5. The summed E-state index contributed by atoms with van der Waals surface area (Å²) >= 11 is 0. The number of unbranched alkanes of at least 4 members (excludes halogenated alkanes) is 4. The topological polar surface area (TPSA) is 29.5 Å². The fourth-order valence-electron chi connectivity index (χ4n) is 3.37. The number of rotatable bonds is 8. The first-order valence-corrected chi connectivity index (χ1v) is 7.88. The van der Waals surface area contributed by atoms with E-state index in [9.17, 15) is 5.11 Å². The van der Waals surface area contributed by atoms with Gasteiger partial charge in [0.1, 0.15) is 0 Å². The van der Waals surface area contributed by atoms with Gasteiger partial charge in [-0.15, -0.1) is 0 Å². The van der Waals surface area contributed by atoms with Crippen molar-refractivity contribution in [2.45, 2.75) is 89.8 Å². The summed E-state index contributed by atoms with van der Waals surface area (Å²) in [7, 11) is 1.78. The second-order valence-corrected chi connectivity index (χ2v) is 6.19. The fraction of sp³-hybridized carbons (Fsp3) is 1.00. The third-order valence-corrected chi connectivity index (χ3v) is 4.59. The molecule has 3 atom stereocenters. The lowest BCUT2D eigenvalue weighted by atomic mass is 9.74. The molecule has 1 aliphatic rings. The Morgan fingerprint density at radius 3 is 2.61 bits per heavy atom. The van der Waals surface area contributed by atoms with Crippen LogP contribution in [0.3, 0.4) is 0 Å². The van der Waals surface area contributed by atoms with E-state index in [0.29, 0.717) is 5.92 Å². The number of aliphatic hydroxyl groups is 1. The number of aliphatic hydroxyl groups excluding tert-OH is 1. The van der Waals surface area contributed by atoms with E-state index in [1.807, 2.05) is 0 Å². The number of ether oxygens (including phenoxy) is 1. The van der Waals surface area contributed by atoms with Gasteiger partial charge in [-0.05, 0) is 25.2 Å². The molecule has 0 heterocycles. The molecule has 2 heteroatoms. The Morgan fingerprint density at radius 2 is 2.00 bits per heavy atom. The third-order valence-electron chi connectivity index (χ3n) is 4.59. The average Bonchev–Trinajstić information content (AvgIpc) is 2.38. The summed E-state index contributed by atoms with van der Waals surface area (Å²) in [4.78, 5) is 0. The molecular weight excluding hydrogens is 224 g/mol. The number of methoxy groups -OCH3 is 1. The third kappa shape index (κ3) is 4.55. The van der Waals surface area contributed by atoms with E-state index in [1.54, 1.807) is 7.11 Å². The van der Waals surface area contributed by atoms with E-state index in [0.717, 1.165) is 25.7 Å².